The Kier molecular flexibility index (Phi) is 5.31. The minimum absolute atomic E-state index is 0.254. The third-order valence-electron chi connectivity index (χ3n) is 4.54. The van der Waals surface area contributed by atoms with E-state index < -0.39 is 8.32 Å². The van der Waals surface area contributed by atoms with Gasteiger partial charge in [0.2, 0.25) is 0 Å². The molecule has 0 heterocycles. The molecule has 2 aromatic rings. The van der Waals surface area contributed by atoms with Gasteiger partial charge in [-0.2, -0.15) is 0 Å². The van der Waals surface area contributed by atoms with Crippen molar-refractivity contribution in [1.29, 1.82) is 0 Å². The summed E-state index contributed by atoms with van der Waals surface area (Å²) in [6, 6.07) is 17.1. The van der Waals surface area contributed by atoms with E-state index in [0.29, 0.717) is 6.61 Å². The molecule has 0 atom stereocenters. The van der Waals surface area contributed by atoms with Crippen LogP contribution < -0.4 is 0 Å². The first-order valence-corrected chi connectivity index (χ1v) is 11.4. The first-order chi connectivity index (χ1) is 10.2. The fraction of sp³-hybridized carbons (Fsp3) is 0.368. The standard InChI is InChI=1S/C19H25BrOSi/c1-19(2,3)22(4,5)21-14-15-6-8-16(9-7-15)17-10-12-18(20)13-11-17/h6-13H,14H2,1-5H3. The van der Waals surface area contributed by atoms with Crippen molar-refractivity contribution in [3.05, 3.63) is 58.6 Å². The third kappa shape index (κ3) is 4.31. The number of hydrogen-bond donors (Lipinski definition) is 0. The van der Waals surface area contributed by atoms with Gasteiger partial charge in [0.15, 0.2) is 8.32 Å². The van der Waals surface area contributed by atoms with E-state index in [1.807, 2.05) is 0 Å². The SMILES string of the molecule is CC(C)(C)[Si](C)(C)OCc1ccc(-c2ccc(Br)cc2)cc1. The van der Waals surface area contributed by atoms with Gasteiger partial charge in [-0.25, -0.2) is 0 Å². The van der Waals surface area contributed by atoms with Gasteiger partial charge in [-0.1, -0.05) is 73.1 Å². The molecule has 22 heavy (non-hydrogen) atoms. The van der Waals surface area contributed by atoms with Crippen molar-refractivity contribution in [2.75, 3.05) is 0 Å². The van der Waals surface area contributed by atoms with Crippen LogP contribution in [0, 0.1) is 0 Å². The van der Waals surface area contributed by atoms with E-state index >= 15 is 0 Å². The number of benzene rings is 2. The molecule has 118 valence electrons. The van der Waals surface area contributed by atoms with Gasteiger partial charge in [-0.15, -0.1) is 0 Å². The summed E-state index contributed by atoms with van der Waals surface area (Å²) in [6.07, 6.45) is 0. The maximum atomic E-state index is 6.27. The Morgan fingerprint density at radius 3 is 1.77 bits per heavy atom. The monoisotopic (exact) mass is 376 g/mol. The van der Waals surface area contributed by atoms with Crippen LogP contribution >= 0.6 is 15.9 Å². The average Bonchev–Trinajstić information content (AvgIpc) is 2.45. The molecular weight excluding hydrogens is 352 g/mol. The van der Waals surface area contributed by atoms with Gasteiger partial charge in [0, 0.05) is 4.47 Å². The maximum Gasteiger partial charge on any atom is 0.192 e. The summed E-state index contributed by atoms with van der Waals surface area (Å²) < 4.78 is 7.38. The molecule has 2 aromatic carbocycles. The van der Waals surface area contributed by atoms with Crippen LogP contribution in [0.2, 0.25) is 18.1 Å². The Bertz CT molecular complexity index is 609. The lowest BCUT2D eigenvalue weighted by molar-refractivity contribution is 0.276. The van der Waals surface area contributed by atoms with E-state index in [1.165, 1.54) is 16.7 Å². The van der Waals surface area contributed by atoms with Crippen LogP contribution in [0.25, 0.3) is 11.1 Å². The lowest BCUT2D eigenvalue weighted by Crippen LogP contribution is -2.40. The van der Waals surface area contributed by atoms with Crippen molar-refractivity contribution < 1.29 is 4.43 Å². The molecule has 0 aliphatic carbocycles. The summed E-state index contributed by atoms with van der Waals surface area (Å²) in [7, 11) is -1.68. The Labute approximate surface area is 144 Å². The second kappa shape index (κ2) is 6.69. The molecule has 0 fully saturated rings. The molecule has 0 bridgehead atoms. The van der Waals surface area contributed by atoms with Gasteiger partial charge in [0.1, 0.15) is 0 Å². The molecule has 2 rings (SSSR count). The van der Waals surface area contributed by atoms with Crippen LogP contribution in [0.3, 0.4) is 0 Å². The zero-order chi connectivity index (χ0) is 16.4. The molecule has 0 saturated heterocycles. The molecular formula is C19H25BrOSi. The minimum Gasteiger partial charge on any atom is -0.413 e. The smallest absolute Gasteiger partial charge is 0.192 e. The van der Waals surface area contributed by atoms with Crippen molar-refractivity contribution in [3.63, 3.8) is 0 Å². The molecule has 1 nitrogen and oxygen atoms in total. The van der Waals surface area contributed by atoms with Crippen LogP contribution in [-0.4, -0.2) is 8.32 Å². The average molecular weight is 377 g/mol. The van der Waals surface area contributed by atoms with Gasteiger partial charge in [0.05, 0.1) is 6.61 Å². The Hall–Kier alpha value is -0.903. The van der Waals surface area contributed by atoms with E-state index in [0.717, 1.165) is 4.47 Å². The lowest BCUT2D eigenvalue weighted by Gasteiger charge is -2.36. The molecule has 0 radical (unpaired) electrons. The van der Waals surface area contributed by atoms with Crippen molar-refractivity contribution in [3.8, 4) is 11.1 Å². The van der Waals surface area contributed by atoms with Crippen LogP contribution in [-0.2, 0) is 11.0 Å². The Morgan fingerprint density at radius 2 is 1.32 bits per heavy atom. The molecule has 0 amide bonds. The van der Waals surface area contributed by atoms with Crippen LogP contribution in [0.1, 0.15) is 26.3 Å². The predicted octanol–water partition coefficient (Wildman–Crippen LogP) is 6.64. The van der Waals surface area contributed by atoms with Crippen molar-refractivity contribution in [2.24, 2.45) is 0 Å². The van der Waals surface area contributed by atoms with Gasteiger partial charge in [0.25, 0.3) is 0 Å². The van der Waals surface area contributed by atoms with E-state index in [2.05, 4.69) is 98.3 Å². The van der Waals surface area contributed by atoms with Gasteiger partial charge < -0.3 is 4.43 Å². The van der Waals surface area contributed by atoms with Crippen LogP contribution in [0.4, 0.5) is 0 Å². The number of halogens is 1. The summed E-state index contributed by atoms with van der Waals surface area (Å²) in [5.41, 5.74) is 3.72. The van der Waals surface area contributed by atoms with E-state index in [-0.39, 0.29) is 5.04 Å². The zero-order valence-corrected chi connectivity index (χ0v) is 16.7. The second-order valence-corrected chi connectivity index (χ2v) is 13.0. The topological polar surface area (TPSA) is 9.23 Å². The van der Waals surface area contributed by atoms with E-state index in [4.69, 9.17) is 4.43 Å². The fourth-order valence-electron chi connectivity index (χ4n) is 1.92. The molecule has 0 spiro atoms. The van der Waals surface area contributed by atoms with Gasteiger partial charge in [-0.05, 0) is 47.0 Å². The van der Waals surface area contributed by atoms with Crippen molar-refractivity contribution in [1.82, 2.24) is 0 Å². The normalized spacial score (nSPS) is 12.5. The molecule has 0 saturated carbocycles. The molecule has 0 unspecified atom stereocenters. The highest BCUT2D eigenvalue weighted by Crippen LogP contribution is 2.37. The predicted molar refractivity (Wildman–Crippen MR) is 102 cm³/mol. The van der Waals surface area contributed by atoms with Crippen molar-refractivity contribution in [2.45, 2.75) is 45.5 Å². The van der Waals surface area contributed by atoms with E-state index in [1.54, 1.807) is 0 Å². The van der Waals surface area contributed by atoms with Gasteiger partial charge >= 0.3 is 0 Å². The lowest BCUT2D eigenvalue weighted by atomic mass is 10.0. The summed E-state index contributed by atoms with van der Waals surface area (Å²) in [5.74, 6) is 0. The highest BCUT2D eigenvalue weighted by molar-refractivity contribution is 9.10. The molecule has 0 aromatic heterocycles. The van der Waals surface area contributed by atoms with Crippen molar-refractivity contribution >= 4 is 24.2 Å². The fourth-order valence-corrected chi connectivity index (χ4v) is 3.14. The Balaban J connectivity index is 2.05. The Morgan fingerprint density at radius 1 is 0.864 bits per heavy atom. The highest BCUT2D eigenvalue weighted by atomic mass is 79.9. The van der Waals surface area contributed by atoms with Gasteiger partial charge in [-0.3, -0.25) is 0 Å². The summed E-state index contributed by atoms with van der Waals surface area (Å²) in [6.45, 7) is 12.1. The molecule has 0 aliphatic rings. The van der Waals surface area contributed by atoms with E-state index in [9.17, 15) is 0 Å². The summed E-state index contributed by atoms with van der Waals surface area (Å²) in [4.78, 5) is 0. The largest absolute Gasteiger partial charge is 0.413 e. The zero-order valence-electron chi connectivity index (χ0n) is 14.1. The third-order valence-corrected chi connectivity index (χ3v) is 9.54. The first-order valence-electron chi connectivity index (χ1n) is 7.68. The minimum atomic E-state index is -1.68. The second-order valence-electron chi connectivity index (χ2n) is 7.25. The number of rotatable bonds is 4. The molecule has 0 N–H and O–H groups in total. The first kappa shape index (κ1) is 17.5. The maximum absolute atomic E-state index is 6.27. The summed E-state index contributed by atoms with van der Waals surface area (Å²) >= 11 is 3.47. The quantitative estimate of drug-likeness (QED) is 0.543. The van der Waals surface area contributed by atoms with Crippen LogP contribution in [0.5, 0.6) is 0 Å². The van der Waals surface area contributed by atoms with Crippen LogP contribution in [0.15, 0.2) is 53.0 Å². The highest BCUT2D eigenvalue weighted by Gasteiger charge is 2.36. The molecule has 3 heteroatoms. The molecule has 0 aliphatic heterocycles. The number of hydrogen-bond acceptors (Lipinski definition) is 1. The summed E-state index contributed by atoms with van der Waals surface area (Å²) in [5, 5.41) is 0.254.